The van der Waals surface area contributed by atoms with E-state index in [0.29, 0.717) is 18.4 Å². The SMILES string of the molecule is COC(=O)[C@@H]1CC=C(c2ccc(C(C)=O)cc2)C[C@H]1C(=O)OC. The fourth-order valence-electron chi connectivity index (χ4n) is 2.86. The molecule has 2 rings (SSSR count). The van der Waals surface area contributed by atoms with E-state index in [2.05, 4.69) is 0 Å². The summed E-state index contributed by atoms with van der Waals surface area (Å²) in [6, 6.07) is 7.24. The zero-order chi connectivity index (χ0) is 17.0. The number of rotatable bonds is 4. The minimum Gasteiger partial charge on any atom is -0.469 e. The monoisotopic (exact) mass is 316 g/mol. The molecule has 0 N–H and O–H groups in total. The predicted octanol–water partition coefficient (Wildman–Crippen LogP) is 2.64. The average Bonchev–Trinajstić information content (AvgIpc) is 2.59. The second-order valence-corrected chi connectivity index (χ2v) is 5.56. The van der Waals surface area contributed by atoms with Crippen molar-refractivity contribution in [1.82, 2.24) is 0 Å². The number of carbonyl (C=O) groups is 3. The summed E-state index contributed by atoms with van der Waals surface area (Å²) in [6.45, 7) is 1.52. The number of hydrogen-bond acceptors (Lipinski definition) is 5. The molecule has 5 heteroatoms. The predicted molar refractivity (Wildman–Crippen MR) is 84.7 cm³/mol. The zero-order valence-corrected chi connectivity index (χ0v) is 13.5. The minimum absolute atomic E-state index is 0.00682. The van der Waals surface area contributed by atoms with Crippen LogP contribution in [0.4, 0.5) is 0 Å². The summed E-state index contributed by atoms with van der Waals surface area (Å²) in [5, 5.41) is 0. The lowest BCUT2D eigenvalue weighted by Gasteiger charge is -2.27. The van der Waals surface area contributed by atoms with Crippen molar-refractivity contribution in [2.24, 2.45) is 11.8 Å². The maximum Gasteiger partial charge on any atom is 0.309 e. The lowest BCUT2D eigenvalue weighted by Crippen LogP contribution is -2.33. The van der Waals surface area contributed by atoms with Gasteiger partial charge in [-0.2, -0.15) is 0 Å². The lowest BCUT2D eigenvalue weighted by molar-refractivity contribution is -0.157. The number of ether oxygens (including phenoxy) is 2. The van der Waals surface area contributed by atoms with Gasteiger partial charge in [0.2, 0.25) is 0 Å². The number of carbonyl (C=O) groups excluding carboxylic acids is 3. The molecule has 2 atom stereocenters. The molecule has 122 valence electrons. The molecular weight excluding hydrogens is 296 g/mol. The Labute approximate surface area is 135 Å². The summed E-state index contributed by atoms with van der Waals surface area (Å²) in [7, 11) is 2.63. The minimum atomic E-state index is -0.556. The Morgan fingerprint density at radius 2 is 1.52 bits per heavy atom. The molecule has 0 fully saturated rings. The van der Waals surface area contributed by atoms with E-state index in [0.717, 1.165) is 11.1 Å². The third kappa shape index (κ3) is 3.67. The van der Waals surface area contributed by atoms with Crippen LogP contribution in [0.5, 0.6) is 0 Å². The highest BCUT2D eigenvalue weighted by atomic mass is 16.5. The molecule has 0 heterocycles. The molecule has 0 saturated heterocycles. The molecule has 0 amide bonds. The van der Waals surface area contributed by atoms with Crippen molar-refractivity contribution >= 4 is 23.3 Å². The molecule has 0 saturated carbocycles. The van der Waals surface area contributed by atoms with E-state index < -0.39 is 23.8 Å². The van der Waals surface area contributed by atoms with Crippen molar-refractivity contribution in [2.45, 2.75) is 19.8 Å². The lowest BCUT2D eigenvalue weighted by atomic mass is 9.77. The molecule has 1 aromatic rings. The van der Waals surface area contributed by atoms with E-state index in [1.54, 1.807) is 12.1 Å². The molecule has 0 radical (unpaired) electrons. The van der Waals surface area contributed by atoms with Gasteiger partial charge < -0.3 is 9.47 Å². The maximum atomic E-state index is 12.0. The number of benzene rings is 1. The maximum absolute atomic E-state index is 12.0. The summed E-state index contributed by atoms with van der Waals surface area (Å²) in [5.41, 5.74) is 2.55. The standard InChI is InChI=1S/C18H20O5/c1-11(19)12-4-6-13(7-5-12)14-8-9-15(17(20)22-2)16(10-14)18(21)23-3/h4-8,15-16H,9-10H2,1-3H3/t15-,16-/m1/s1. The van der Waals surface area contributed by atoms with Crippen LogP contribution >= 0.6 is 0 Å². The van der Waals surface area contributed by atoms with Crippen LogP contribution in [0.2, 0.25) is 0 Å². The van der Waals surface area contributed by atoms with Gasteiger partial charge >= 0.3 is 11.9 Å². The fourth-order valence-corrected chi connectivity index (χ4v) is 2.86. The Bertz CT molecular complexity index is 642. The molecule has 0 bridgehead atoms. The van der Waals surface area contributed by atoms with Gasteiger partial charge in [0, 0.05) is 5.56 Å². The van der Waals surface area contributed by atoms with Crippen LogP contribution in [0, 0.1) is 11.8 Å². The first-order valence-electron chi connectivity index (χ1n) is 7.44. The first-order chi connectivity index (χ1) is 11.0. The van der Waals surface area contributed by atoms with Gasteiger partial charge in [-0.3, -0.25) is 14.4 Å². The van der Waals surface area contributed by atoms with Gasteiger partial charge in [-0.05, 0) is 30.9 Å². The van der Waals surface area contributed by atoms with Gasteiger partial charge in [-0.15, -0.1) is 0 Å². The van der Waals surface area contributed by atoms with Gasteiger partial charge in [-0.1, -0.05) is 30.3 Å². The Kier molecular flexibility index (Phi) is 5.32. The summed E-state index contributed by atoms with van der Waals surface area (Å²) in [4.78, 5) is 35.2. The number of ketones is 1. The summed E-state index contributed by atoms with van der Waals surface area (Å²) in [6.07, 6.45) is 2.78. The molecule has 1 aliphatic rings. The quantitative estimate of drug-likeness (QED) is 0.631. The van der Waals surface area contributed by atoms with E-state index in [9.17, 15) is 14.4 Å². The van der Waals surface area contributed by atoms with E-state index in [1.165, 1.54) is 21.1 Å². The second-order valence-electron chi connectivity index (χ2n) is 5.56. The van der Waals surface area contributed by atoms with Crippen LogP contribution in [-0.2, 0) is 19.1 Å². The Hall–Kier alpha value is -2.43. The van der Waals surface area contributed by atoms with Crippen molar-refractivity contribution in [3.63, 3.8) is 0 Å². The van der Waals surface area contributed by atoms with E-state index in [-0.39, 0.29) is 5.78 Å². The number of hydrogen-bond donors (Lipinski definition) is 0. The summed E-state index contributed by atoms with van der Waals surface area (Å²) >= 11 is 0. The number of esters is 2. The van der Waals surface area contributed by atoms with Crippen molar-refractivity contribution in [1.29, 1.82) is 0 Å². The first kappa shape index (κ1) is 16.9. The highest BCUT2D eigenvalue weighted by Gasteiger charge is 2.38. The average molecular weight is 316 g/mol. The fraction of sp³-hybridized carbons (Fsp3) is 0.389. The van der Waals surface area contributed by atoms with E-state index in [1.807, 2.05) is 18.2 Å². The Morgan fingerprint density at radius 3 is 2.04 bits per heavy atom. The number of methoxy groups -OCH3 is 2. The third-order valence-corrected chi connectivity index (χ3v) is 4.21. The van der Waals surface area contributed by atoms with Gasteiger partial charge in [0.15, 0.2) is 5.78 Å². The number of allylic oxidation sites excluding steroid dienone is 2. The molecule has 1 aliphatic carbocycles. The largest absolute Gasteiger partial charge is 0.469 e. The normalized spacial score (nSPS) is 20.4. The molecule has 0 unspecified atom stereocenters. The molecule has 0 aromatic heterocycles. The molecule has 0 spiro atoms. The molecule has 1 aromatic carbocycles. The van der Waals surface area contributed by atoms with Crippen LogP contribution in [0.25, 0.3) is 5.57 Å². The molecular formula is C18H20O5. The van der Waals surface area contributed by atoms with Gasteiger partial charge in [0.05, 0.1) is 26.1 Å². The van der Waals surface area contributed by atoms with Gasteiger partial charge in [-0.25, -0.2) is 0 Å². The smallest absolute Gasteiger partial charge is 0.309 e. The van der Waals surface area contributed by atoms with E-state index in [4.69, 9.17) is 9.47 Å². The summed E-state index contributed by atoms with van der Waals surface area (Å²) < 4.78 is 9.61. The first-order valence-corrected chi connectivity index (χ1v) is 7.44. The molecule has 23 heavy (non-hydrogen) atoms. The van der Waals surface area contributed by atoms with Crippen molar-refractivity contribution in [3.8, 4) is 0 Å². The summed E-state index contributed by atoms with van der Waals surface area (Å²) in [5.74, 6) is -1.88. The third-order valence-electron chi connectivity index (χ3n) is 4.21. The van der Waals surface area contributed by atoms with Crippen molar-refractivity contribution < 1.29 is 23.9 Å². The topological polar surface area (TPSA) is 69.7 Å². The Balaban J connectivity index is 2.27. The Morgan fingerprint density at radius 1 is 0.957 bits per heavy atom. The molecule has 5 nitrogen and oxygen atoms in total. The van der Waals surface area contributed by atoms with Crippen molar-refractivity contribution in [3.05, 3.63) is 41.5 Å². The van der Waals surface area contributed by atoms with Crippen LogP contribution in [0.1, 0.15) is 35.7 Å². The highest BCUT2D eigenvalue weighted by Crippen LogP contribution is 2.36. The molecule has 0 aliphatic heterocycles. The van der Waals surface area contributed by atoms with Crippen LogP contribution in [0.15, 0.2) is 30.3 Å². The van der Waals surface area contributed by atoms with Crippen molar-refractivity contribution in [2.75, 3.05) is 14.2 Å². The number of Topliss-reactive ketones (excluding diaryl/α,β-unsaturated/α-hetero) is 1. The van der Waals surface area contributed by atoms with Crippen LogP contribution in [0.3, 0.4) is 0 Å². The van der Waals surface area contributed by atoms with Gasteiger partial charge in [0.25, 0.3) is 0 Å². The zero-order valence-electron chi connectivity index (χ0n) is 13.5. The second kappa shape index (κ2) is 7.22. The van der Waals surface area contributed by atoms with Crippen LogP contribution < -0.4 is 0 Å². The highest BCUT2D eigenvalue weighted by molar-refractivity contribution is 5.94. The van der Waals surface area contributed by atoms with E-state index >= 15 is 0 Å². The van der Waals surface area contributed by atoms with Gasteiger partial charge in [0.1, 0.15) is 0 Å². The van der Waals surface area contributed by atoms with Crippen LogP contribution in [-0.4, -0.2) is 31.9 Å².